The lowest BCUT2D eigenvalue weighted by Crippen LogP contribution is -2.31. The molecule has 1 aromatic heterocycles. The molecular formula is C20H16Cl2N4O2. The van der Waals surface area contributed by atoms with E-state index in [-0.39, 0.29) is 18.2 Å². The van der Waals surface area contributed by atoms with Gasteiger partial charge in [-0.1, -0.05) is 35.3 Å². The number of rotatable bonds is 4. The fraction of sp³-hybridized carbons (Fsp3) is 0.150. The number of hydrogen-bond acceptors (Lipinski definition) is 3. The molecule has 0 bridgehead atoms. The molecule has 0 saturated carbocycles. The number of aromatic nitrogens is 2. The molecule has 0 radical (unpaired) electrons. The highest BCUT2D eigenvalue weighted by Crippen LogP contribution is 2.33. The quantitative estimate of drug-likeness (QED) is 0.667. The van der Waals surface area contributed by atoms with Gasteiger partial charge in [0.2, 0.25) is 11.8 Å². The number of carbonyl (C=O) groups is 2. The average molecular weight is 415 g/mol. The van der Waals surface area contributed by atoms with Crippen LogP contribution in [0.1, 0.15) is 23.5 Å². The molecule has 3 aromatic rings. The van der Waals surface area contributed by atoms with Crippen molar-refractivity contribution in [3.8, 4) is 0 Å². The number of nitrogens with one attached hydrogen (secondary N) is 2. The molecule has 142 valence electrons. The summed E-state index contributed by atoms with van der Waals surface area (Å²) in [6.45, 7) is 0.457. The highest BCUT2D eigenvalue weighted by molar-refractivity contribution is 6.30. The number of carbonyl (C=O) groups excluding carboxylic acids is 2. The van der Waals surface area contributed by atoms with Crippen LogP contribution in [0.4, 0.5) is 11.5 Å². The van der Waals surface area contributed by atoms with Gasteiger partial charge in [0.05, 0.1) is 18.7 Å². The zero-order valence-corrected chi connectivity index (χ0v) is 16.2. The van der Waals surface area contributed by atoms with E-state index >= 15 is 0 Å². The van der Waals surface area contributed by atoms with Crippen molar-refractivity contribution in [1.82, 2.24) is 9.78 Å². The van der Waals surface area contributed by atoms with Gasteiger partial charge in [-0.3, -0.25) is 9.59 Å². The van der Waals surface area contributed by atoms with E-state index in [1.54, 1.807) is 47.3 Å². The van der Waals surface area contributed by atoms with Gasteiger partial charge in [0.1, 0.15) is 5.82 Å². The number of anilines is 2. The molecule has 1 aliphatic rings. The lowest BCUT2D eigenvalue weighted by Gasteiger charge is -2.23. The lowest BCUT2D eigenvalue weighted by molar-refractivity contribution is -0.123. The van der Waals surface area contributed by atoms with Gasteiger partial charge in [0.25, 0.3) is 0 Å². The van der Waals surface area contributed by atoms with Crippen LogP contribution in [0.2, 0.25) is 10.0 Å². The number of hydrogen-bond donors (Lipinski definition) is 2. The Kier molecular flexibility index (Phi) is 5.07. The number of benzene rings is 2. The van der Waals surface area contributed by atoms with Gasteiger partial charge in [-0.15, -0.1) is 0 Å². The van der Waals surface area contributed by atoms with Crippen molar-refractivity contribution in [2.45, 2.75) is 18.9 Å². The maximum absolute atomic E-state index is 12.8. The second-order valence-electron chi connectivity index (χ2n) is 6.53. The van der Waals surface area contributed by atoms with E-state index in [1.165, 1.54) is 0 Å². The third-order valence-corrected chi connectivity index (χ3v) is 5.07. The molecule has 8 heteroatoms. The Labute approximate surface area is 171 Å². The Morgan fingerprint density at radius 1 is 1.11 bits per heavy atom. The Hall–Kier alpha value is -2.83. The molecule has 0 aliphatic carbocycles. The molecule has 1 aliphatic heterocycles. The maximum Gasteiger partial charge on any atom is 0.232 e. The Morgan fingerprint density at radius 3 is 2.43 bits per heavy atom. The molecule has 4 rings (SSSR count). The molecule has 2 heterocycles. The van der Waals surface area contributed by atoms with Crippen molar-refractivity contribution in [1.29, 1.82) is 0 Å². The summed E-state index contributed by atoms with van der Waals surface area (Å²) >= 11 is 11.8. The second kappa shape index (κ2) is 7.66. The first kappa shape index (κ1) is 18.5. The van der Waals surface area contributed by atoms with E-state index in [0.29, 0.717) is 33.7 Å². The molecule has 28 heavy (non-hydrogen) atoms. The zero-order chi connectivity index (χ0) is 19.7. The van der Waals surface area contributed by atoms with Gasteiger partial charge in [0.15, 0.2) is 0 Å². The first-order valence-electron chi connectivity index (χ1n) is 8.66. The summed E-state index contributed by atoms with van der Waals surface area (Å²) in [5, 5.41) is 11.3. The molecular weight excluding hydrogens is 399 g/mol. The normalized spacial score (nSPS) is 15.6. The van der Waals surface area contributed by atoms with Crippen molar-refractivity contribution < 1.29 is 9.59 Å². The topological polar surface area (TPSA) is 76.0 Å². The fourth-order valence-corrected chi connectivity index (χ4v) is 3.40. The molecule has 1 unspecified atom stereocenters. The van der Waals surface area contributed by atoms with E-state index in [4.69, 9.17) is 23.2 Å². The third kappa shape index (κ3) is 3.88. The van der Waals surface area contributed by atoms with Gasteiger partial charge in [0, 0.05) is 27.7 Å². The minimum atomic E-state index is -0.613. The van der Waals surface area contributed by atoms with Crippen LogP contribution in [0.15, 0.2) is 54.7 Å². The molecule has 1 atom stereocenters. The second-order valence-corrected chi connectivity index (χ2v) is 7.41. The first-order valence-corrected chi connectivity index (χ1v) is 9.41. The van der Waals surface area contributed by atoms with E-state index < -0.39 is 5.92 Å². The monoisotopic (exact) mass is 414 g/mol. The standard InChI is InChI=1S/C20H16Cl2N4O2/c21-13-3-1-12(2-4-13)11-26-19-17(10-23-26)16(9-18(27)25-19)20(28)24-15-7-5-14(22)6-8-15/h1-8,10,16H,9,11H2,(H,24,28)(H,25,27). The van der Waals surface area contributed by atoms with E-state index in [1.807, 2.05) is 12.1 Å². The van der Waals surface area contributed by atoms with Crippen LogP contribution in [0.5, 0.6) is 0 Å². The predicted octanol–water partition coefficient (Wildman–Crippen LogP) is 4.30. The summed E-state index contributed by atoms with van der Waals surface area (Å²) < 4.78 is 1.68. The van der Waals surface area contributed by atoms with Gasteiger partial charge < -0.3 is 10.6 Å². The van der Waals surface area contributed by atoms with Gasteiger partial charge in [-0.2, -0.15) is 5.10 Å². The number of amides is 2. The number of halogens is 2. The van der Waals surface area contributed by atoms with Crippen LogP contribution in [0.25, 0.3) is 0 Å². The average Bonchev–Trinajstić information content (AvgIpc) is 3.07. The molecule has 0 fully saturated rings. The van der Waals surface area contributed by atoms with E-state index in [9.17, 15) is 9.59 Å². The lowest BCUT2D eigenvalue weighted by atomic mass is 9.93. The van der Waals surface area contributed by atoms with Crippen LogP contribution in [-0.2, 0) is 16.1 Å². The van der Waals surface area contributed by atoms with Crippen LogP contribution >= 0.6 is 23.2 Å². The maximum atomic E-state index is 12.8. The number of nitrogens with zero attached hydrogens (tertiary/aromatic N) is 2. The predicted molar refractivity (Wildman–Crippen MR) is 109 cm³/mol. The summed E-state index contributed by atoms with van der Waals surface area (Å²) in [6.07, 6.45) is 1.70. The van der Waals surface area contributed by atoms with Crippen LogP contribution in [-0.4, -0.2) is 21.6 Å². The van der Waals surface area contributed by atoms with Crippen LogP contribution in [0.3, 0.4) is 0 Å². The van der Waals surface area contributed by atoms with E-state index in [2.05, 4.69) is 15.7 Å². The van der Waals surface area contributed by atoms with Crippen molar-refractivity contribution in [3.63, 3.8) is 0 Å². The summed E-state index contributed by atoms with van der Waals surface area (Å²) in [6, 6.07) is 14.2. The minimum absolute atomic E-state index is 0.0685. The molecule has 6 nitrogen and oxygen atoms in total. The Bertz CT molecular complexity index is 1030. The van der Waals surface area contributed by atoms with Crippen molar-refractivity contribution >= 4 is 46.5 Å². The summed E-state index contributed by atoms with van der Waals surface area (Å²) in [4.78, 5) is 25.0. The first-order chi connectivity index (χ1) is 13.5. The summed E-state index contributed by atoms with van der Waals surface area (Å²) in [7, 11) is 0. The molecule has 2 aromatic carbocycles. The third-order valence-electron chi connectivity index (χ3n) is 4.56. The van der Waals surface area contributed by atoms with Crippen LogP contribution < -0.4 is 10.6 Å². The van der Waals surface area contributed by atoms with Crippen molar-refractivity contribution in [2.75, 3.05) is 10.6 Å². The largest absolute Gasteiger partial charge is 0.326 e. The Morgan fingerprint density at radius 2 is 1.75 bits per heavy atom. The molecule has 2 N–H and O–H groups in total. The van der Waals surface area contributed by atoms with E-state index in [0.717, 1.165) is 5.56 Å². The Balaban J connectivity index is 1.57. The molecule has 0 saturated heterocycles. The highest BCUT2D eigenvalue weighted by atomic mass is 35.5. The number of fused-ring (bicyclic) bond motifs is 1. The van der Waals surface area contributed by atoms with Gasteiger partial charge in [-0.25, -0.2) is 4.68 Å². The molecule has 2 amide bonds. The smallest absolute Gasteiger partial charge is 0.232 e. The van der Waals surface area contributed by atoms with Gasteiger partial charge in [-0.05, 0) is 42.0 Å². The molecule has 0 spiro atoms. The minimum Gasteiger partial charge on any atom is -0.326 e. The van der Waals surface area contributed by atoms with Crippen molar-refractivity contribution in [3.05, 3.63) is 75.9 Å². The van der Waals surface area contributed by atoms with Crippen molar-refractivity contribution in [2.24, 2.45) is 0 Å². The summed E-state index contributed by atoms with van der Waals surface area (Å²) in [5.41, 5.74) is 2.30. The zero-order valence-electron chi connectivity index (χ0n) is 14.7. The highest BCUT2D eigenvalue weighted by Gasteiger charge is 2.33. The summed E-state index contributed by atoms with van der Waals surface area (Å²) in [5.74, 6) is -0.549. The van der Waals surface area contributed by atoms with Gasteiger partial charge >= 0.3 is 0 Å². The SMILES string of the molecule is O=C1CC(C(=O)Nc2ccc(Cl)cc2)c2cnn(Cc3ccc(Cl)cc3)c2N1. The van der Waals surface area contributed by atoms with Crippen LogP contribution in [0, 0.1) is 0 Å². The fourth-order valence-electron chi connectivity index (χ4n) is 3.15.